The van der Waals surface area contributed by atoms with Crippen LogP contribution in [-0.4, -0.2) is 29.3 Å². The summed E-state index contributed by atoms with van der Waals surface area (Å²) in [6, 6.07) is 5.92. The Morgan fingerprint density at radius 2 is 2.16 bits per heavy atom. The van der Waals surface area contributed by atoms with Crippen molar-refractivity contribution in [1.29, 1.82) is 0 Å². The van der Waals surface area contributed by atoms with Crippen LogP contribution in [0.2, 0.25) is 0 Å². The molecule has 1 aliphatic rings. The van der Waals surface area contributed by atoms with Crippen molar-refractivity contribution < 1.29 is 18.7 Å². The average Bonchev–Trinajstić information content (AvgIpc) is 3.16. The van der Waals surface area contributed by atoms with Crippen molar-refractivity contribution in [2.24, 2.45) is 4.99 Å². The highest BCUT2D eigenvalue weighted by atomic mass is 32.1. The molecule has 0 fully saturated rings. The van der Waals surface area contributed by atoms with Crippen molar-refractivity contribution >= 4 is 40.3 Å². The summed E-state index contributed by atoms with van der Waals surface area (Å²) in [7, 11) is 0. The lowest BCUT2D eigenvalue weighted by atomic mass is 10.2. The van der Waals surface area contributed by atoms with E-state index in [1.54, 1.807) is 11.4 Å². The first-order valence-corrected chi connectivity index (χ1v) is 8.38. The van der Waals surface area contributed by atoms with Crippen molar-refractivity contribution in [3.63, 3.8) is 0 Å². The van der Waals surface area contributed by atoms with Gasteiger partial charge in [0.25, 0.3) is 0 Å². The number of carbonyl (C=O) groups excluding carboxylic acids is 2. The molecule has 3 rings (SSSR count). The predicted octanol–water partition coefficient (Wildman–Crippen LogP) is 3.00. The van der Waals surface area contributed by atoms with Crippen molar-refractivity contribution in [2.75, 3.05) is 11.4 Å². The first-order valence-electron chi connectivity index (χ1n) is 7.50. The zero-order chi connectivity index (χ0) is 18.0. The number of amides is 1. The highest BCUT2D eigenvalue weighted by Crippen LogP contribution is 2.24. The molecule has 0 saturated heterocycles. The molecule has 1 aromatic carbocycles. The molecular weight excluding hydrogens is 345 g/mol. The minimum atomic E-state index is -0.674. The second-order valence-electron chi connectivity index (χ2n) is 5.13. The Hall–Kier alpha value is -2.87. The number of benzene rings is 1. The van der Waals surface area contributed by atoms with Gasteiger partial charge in [-0.25, -0.2) is 19.2 Å². The second kappa shape index (κ2) is 6.94. The lowest BCUT2D eigenvalue weighted by Gasteiger charge is -2.14. The maximum atomic E-state index is 13.8. The quantitative estimate of drug-likeness (QED) is 0.621. The number of ether oxygens (including phenoxy) is 1. The standard InChI is InChI=1S/C17H14FN3O3S/c1-3-21(10(2)22)17-19-11(9-25-17)8-14-16(23)24-15(20-14)12-6-4-5-7-13(12)18/h4-9H,3H2,1-2H3/b14-8-. The van der Waals surface area contributed by atoms with Crippen LogP contribution in [0, 0.1) is 5.82 Å². The van der Waals surface area contributed by atoms with Crippen molar-refractivity contribution in [1.82, 2.24) is 4.98 Å². The first kappa shape index (κ1) is 17.0. The molecule has 0 atom stereocenters. The summed E-state index contributed by atoms with van der Waals surface area (Å²) in [6.45, 7) is 3.80. The normalized spacial score (nSPS) is 15.2. The van der Waals surface area contributed by atoms with Crippen LogP contribution in [0.25, 0.3) is 6.08 Å². The number of anilines is 1. The fourth-order valence-corrected chi connectivity index (χ4v) is 3.15. The number of aliphatic imine (C=N–C) groups is 1. The van der Waals surface area contributed by atoms with Gasteiger partial charge >= 0.3 is 5.97 Å². The summed E-state index contributed by atoms with van der Waals surface area (Å²) in [5.41, 5.74) is 0.623. The lowest BCUT2D eigenvalue weighted by molar-refractivity contribution is -0.130. The van der Waals surface area contributed by atoms with Gasteiger partial charge in [0.05, 0.1) is 11.3 Å². The van der Waals surface area contributed by atoms with E-state index in [1.807, 2.05) is 6.92 Å². The van der Waals surface area contributed by atoms with Gasteiger partial charge in [0, 0.05) is 18.8 Å². The number of nitrogens with zero attached hydrogens (tertiary/aromatic N) is 3. The molecule has 0 aliphatic carbocycles. The molecule has 0 unspecified atom stereocenters. The van der Waals surface area contributed by atoms with E-state index in [9.17, 15) is 14.0 Å². The van der Waals surface area contributed by atoms with E-state index >= 15 is 0 Å². The summed E-state index contributed by atoms with van der Waals surface area (Å²) in [5, 5.41) is 2.24. The van der Waals surface area contributed by atoms with E-state index in [0.717, 1.165) is 0 Å². The summed E-state index contributed by atoms with van der Waals surface area (Å²) < 4.78 is 18.8. The average molecular weight is 359 g/mol. The second-order valence-corrected chi connectivity index (χ2v) is 5.97. The zero-order valence-corrected chi connectivity index (χ0v) is 14.3. The third-order valence-electron chi connectivity index (χ3n) is 3.45. The molecule has 1 amide bonds. The summed E-state index contributed by atoms with van der Waals surface area (Å²) >= 11 is 1.28. The molecule has 25 heavy (non-hydrogen) atoms. The third kappa shape index (κ3) is 3.48. The molecule has 8 heteroatoms. The minimum Gasteiger partial charge on any atom is -0.402 e. The highest BCUT2D eigenvalue weighted by molar-refractivity contribution is 7.14. The molecular formula is C17H14FN3O3S. The van der Waals surface area contributed by atoms with Crippen LogP contribution in [-0.2, 0) is 14.3 Å². The smallest absolute Gasteiger partial charge is 0.363 e. The fourth-order valence-electron chi connectivity index (χ4n) is 2.26. The number of carbonyl (C=O) groups is 2. The van der Waals surface area contributed by atoms with Gasteiger partial charge in [0.2, 0.25) is 11.8 Å². The monoisotopic (exact) mass is 359 g/mol. The summed E-state index contributed by atoms with van der Waals surface area (Å²) in [6.07, 6.45) is 1.45. The highest BCUT2D eigenvalue weighted by Gasteiger charge is 2.26. The van der Waals surface area contributed by atoms with Crippen LogP contribution in [0.15, 0.2) is 40.3 Å². The Bertz CT molecular complexity index is 904. The molecule has 128 valence electrons. The predicted molar refractivity (Wildman–Crippen MR) is 92.8 cm³/mol. The molecule has 0 spiro atoms. The number of hydrogen-bond acceptors (Lipinski definition) is 6. The molecule has 0 N–H and O–H groups in total. The van der Waals surface area contributed by atoms with Gasteiger partial charge in [-0.2, -0.15) is 0 Å². The van der Waals surface area contributed by atoms with Gasteiger partial charge < -0.3 is 4.74 Å². The van der Waals surface area contributed by atoms with Crippen LogP contribution in [0.1, 0.15) is 25.1 Å². The number of thiazole rings is 1. The molecule has 0 bridgehead atoms. The van der Waals surface area contributed by atoms with E-state index < -0.39 is 11.8 Å². The SMILES string of the molecule is CCN(C(C)=O)c1nc(/C=C2\N=C(c3ccccc3F)OC2=O)cs1. The van der Waals surface area contributed by atoms with Crippen LogP contribution >= 0.6 is 11.3 Å². The van der Waals surface area contributed by atoms with E-state index in [-0.39, 0.29) is 23.1 Å². The van der Waals surface area contributed by atoms with Gasteiger partial charge in [-0.3, -0.25) is 9.69 Å². The molecule has 0 saturated carbocycles. The van der Waals surface area contributed by atoms with Gasteiger partial charge in [0.15, 0.2) is 10.8 Å². The van der Waals surface area contributed by atoms with Gasteiger partial charge in [-0.1, -0.05) is 12.1 Å². The van der Waals surface area contributed by atoms with Crippen molar-refractivity contribution in [2.45, 2.75) is 13.8 Å². The Labute approximate surface area is 147 Å². The van der Waals surface area contributed by atoms with Gasteiger partial charge in [0.1, 0.15) is 5.82 Å². The number of hydrogen-bond donors (Lipinski definition) is 0. The lowest BCUT2D eigenvalue weighted by Crippen LogP contribution is -2.27. The Morgan fingerprint density at radius 1 is 1.40 bits per heavy atom. The third-order valence-corrected chi connectivity index (χ3v) is 4.33. The fraction of sp³-hybridized carbons (Fsp3) is 0.176. The Kier molecular flexibility index (Phi) is 4.71. The van der Waals surface area contributed by atoms with E-state index in [1.165, 1.54) is 47.4 Å². The topological polar surface area (TPSA) is 71.9 Å². The van der Waals surface area contributed by atoms with E-state index in [2.05, 4.69) is 9.98 Å². The number of rotatable bonds is 4. The van der Waals surface area contributed by atoms with Crippen LogP contribution in [0.5, 0.6) is 0 Å². The summed E-state index contributed by atoms with van der Waals surface area (Å²) in [5.74, 6) is -1.39. The Morgan fingerprint density at radius 3 is 2.84 bits per heavy atom. The molecule has 2 heterocycles. The molecule has 2 aromatic rings. The molecule has 6 nitrogen and oxygen atoms in total. The number of aromatic nitrogens is 1. The zero-order valence-electron chi connectivity index (χ0n) is 13.5. The van der Waals surface area contributed by atoms with Crippen LogP contribution in [0.3, 0.4) is 0 Å². The van der Waals surface area contributed by atoms with Crippen LogP contribution < -0.4 is 4.90 Å². The number of halogens is 1. The molecule has 1 aromatic heterocycles. The molecule has 1 aliphatic heterocycles. The maximum absolute atomic E-state index is 13.8. The largest absolute Gasteiger partial charge is 0.402 e. The van der Waals surface area contributed by atoms with Gasteiger partial charge in [-0.15, -0.1) is 11.3 Å². The maximum Gasteiger partial charge on any atom is 0.363 e. The number of esters is 1. The minimum absolute atomic E-state index is 0.0287. The number of cyclic esters (lactones) is 1. The van der Waals surface area contributed by atoms with Crippen LogP contribution in [0.4, 0.5) is 9.52 Å². The van der Waals surface area contributed by atoms with E-state index in [0.29, 0.717) is 17.4 Å². The first-order chi connectivity index (χ1) is 12.0. The molecule has 0 radical (unpaired) electrons. The van der Waals surface area contributed by atoms with Crippen molar-refractivity contribution in [3.8, 4) is 0 Å². The van der Waals surface area contributed by atoms with E-state index in [4.69, 9.17) is 4.74 Å². The van der Waals surface area contributed by atoms with Gasteiger partial charge in [-0.05, 0) is 25.1 Å². The van der Waals surface area contributed by atoms with Crippen molar-refractivity contribution in [3.05, 3.63) is 52.4 Å². The summed E-state index contributed by atoms with van der Waals surface area (Å²) in [4.78, 5) is 33.4. The Balaban J connectivity index is 1.89.